The normalized spacial score (nSPS) is 15.8. The number of nitrogens with two attached hydrogens (primary N) is 1. The zero-order valence-electron chi connectivity index (χ0n) is 14.7. The van der Waals surface area contributed by atoms with E-state index in [2.05, 4.69) is 71.2 Å². The first-order valence-corrected chi connectivity index (χ1v) is 7.79. The van der Waals surface area contributed by atoms with E-state index < -0.39 is 0 Å². The predicted octanol–water partition coefficient (Wildman–Crippen LogP) is 3.94. The lowest BCUT2D eigenvalue weighted by molar-refractivity contribution is -0.0366. The number of nitrogens with one attached hydrogen (secondary N) is 1. The van der Waals surface area contributed by atoms with E-state index in [1.165, 1.54) is 11.1 Å². The van der Waals surface area contributed by atoms with Crippen molar-refractivity contribution < 1.29 is 4.74 Å². The van der Waals surface area contributed by atoms with Crippen LogP contribution in [0.1, 0.15) is 65.6 Å². The van der Waals surface area contributed by atoms with E-state index in [0.717, 1.165) is 0 Å². The number of rotatable bonds is 5. The van der Waals surface area contributed by atoms with Crippen molar-refractivity contribution in [2.45, 2.75) is 66.0 Å². The van der Waals surface area contributed by atoms with E-state index in [0.29, 0.717) is 6.61 Å². The van der Waals surface area contributed by atoms with Crippen LogP contribution in [-0.2, 0) is 10.2 Å². The van der Waals surface area contributed by atoms with Gasteiger partial charge in [0.05, 0.1) is 12.1 Å². The first-order chi connectivity index (χ1) is 9.61. The number of hydrazine groups is 1. The second-order valence-electron chi connectivity index (χ2n) is 7.76. The summed E-state index contributed by atoms with van der Waals surface area (Å²) in [6, 6.07) is 8.67. The molecule has 0 spiro atoms. The van der Waals surface area contributed by atoms with Crippen LogP contribution in [0.4, 0.5) is 0 Å². The Morgan fingerprint density at radius 3 is 1.90 bits per heavy atom. The largest absolute Gasteiger partial charge is 0.376 e. The number of hydrogen-bond acceptors (Lipinski definition) is 3. The maximum Gasteiger partial charge on any atom is 0.0830 e. The van der Waals surface area contributed by atoms with Gasteiger partial charge in [-0.05, 0) is 28.9 Å². The molecular weight excluding hydrogens is 260 g/mol. The third-order valence-electron chi connectivity index (χ3n) is 3.82. The van der Waals surface area contributed by atoms with Crippen LogP contribution < -0.4 is 11.3 Å². The van der Waals surface area contributed by atoms with E-state index in [4.69, 9.17) is 10.6 Å². The quantitative estimate of drug-likeness (QED) is 0.638. The smallest absolute Gasteiger partial charge is 0.0830 e. The molecule has 0 bridgehead atoms. The fourth-order valence-electron chi connectivity index (χ4n) is 2.57. The van der Waals surface area contributed by atoms with Crippen molar-refractivity contribution in [3.05, 3.63) is 35.4 Å². The van der Waals surface area contributed by atoms with Crippen LogP contribution >= 0.6 is 0 Å². The van der Waals surface area contributed by atoms with Crippen LogP contribution in [0.5, 0.6) is 0 Å². The van der Waals surface area contributed by atoms with Gasteiger partial charge in [0.15, 0.2) is 0 Å². The molecule has 2 atom stereocenters. The molecule has 2 unspecified atom stereocenters. The molecule has 0 radical (unpaired) electrons. The van der Waals surface area contributed by atoms with Gasteiger partial charge < -0.3 is 4.74 Å². The van der Waals surface area contributed by atoms with Crippen LogP contribution in [0, 0.1) is 5.41 Å². The average Bonchev–Trinajstić information content (AvgIpc) is 2.37. The maximum absolute atomic E-state index is 5.97. The molecule has 120 valence electrons. The Bertz CT molecular complexity index is 426. The highest BCUT2D eigenvalue weighted by molar-refractivity contribution is 5.30. The highest BCUT2D eigenvalue weighted by Gasteiger charge is 2.33. The Kier molecular flexibility index (Phi) is 5.97. The Morgan fingerprint density at radius 2 is 1.57 bits per heavy atom. The fraction of sp³-hybridized carbons (Fsp3) is 0.667. The number of benzene rings is 1. The molecule has 0 saturated carbocycles. The van der Waals surface area contributed by atoms with E-state index in [9.17, 15) is 0 Å². The number of ether oxygens (including phenoxy) is 1. The second-order valence-corrected chi connectivity index (χ2v) is 7.76. The summed E-state index contributed by atoms with van der Waals surface area (Å²) in [5, 5.41) is 0. The van der Waals surface area contributed by atoms with Gasteiger partial charge >= 0.3 is 0 Å². The molecule has 3 N–H and O–H groups in total. The van der Waals surface area contributed by atoms with Crippen molar-refractivity contribution >= 4 is 0 Å². The van der Waals surface area contributed by atoms with Crippen LogP contribution in [0.2, 0.25) is 0 Å². The van der Waals surface area contributed by atoms with Crippen molar-refractivity contribution in [2.24, 2.45) is 11.3 Å². The SMILES string of the molecule is CCOC(C(NN)c1ccc(C(C)(C)C)cc1)C(C)(C)C. The Morgan fingerprint density at radius 1 is 1.05 bits per heavy atom. The molecular formula is C18H32N2O. The molecule has 3 heteroatoms. The lowest BCUT2D eigenvalue weighted by Crippen LogP contribution is -2.44. The summed E-state index contributed by atoms with van der Waals surface area (Å²) in [6.45, 7) is 15.9. The van der Waals surface area contributed by atoms with Gasteiger partial charge in [-0.3, -0.25) is 11.3 Å². The van der Waals surface area contributed by atoms with Crippen molar-refractivity contribution in [1.82, 2.24) is 5.43 Å². The van der Waals surface area contributed by atoms with Gasteiger partial charge in [0.1, 0.15) is 0 Å². The summed E-state index contributed by atoms with van der Waals surface area (Å²) in [4.78, 5) is 0. The monoisotopic (exact) mass is 292 g/mol. The molecule has 0 aliphatic heterocycles. The Labute approximate surface area is 130 Å². The third kappa shape index (κ3) is 4.80. The van der Waals surface area contributed by atoms with Gasteiger partial charge in [-0.25, -0.2) is 0 Å². The molecule has 1 rings (SSSR count). The van der Waals surface area contributed by atoms with Crippen LogP contribution in [0.15, 0.2) is 24.3 Å². The molecule has 3 nitrogen and oxygen atoms in total. The van der Waals surface area contributed by atoms with Gasteiger partial charge in [0.2, 0.25) is 0 Å². The first kappa shape index (κ1) is 18.1. The molecule has 21 heavy (non-hydrogen) atoms. The summed E-state index contributed by atoms with van der Waals surface area (Å²) in [6.07, 6.45) is 0.0213. The maximum atomic E-state index is 5.97. The van der Waals surface area contributed by atoms with E-state index in [1.54, 1.807) is 0 Å². The summed E-state index contributed by atoms with van der Waals surface area (Å²) < 4.78 is 5.97. The van der Waals surface area contributed by atoms with E-state index >= 15 is 0 Å². The molecule has 1 aromatic rings. The molecule has 0 aliphatic rings. The zero-order valence-corrected chi connectivity index (χ0v) is 14.7. The fourth-order valence-corrected chi connectivity index (χ4v) is 2.57. The van der Waals surface area contributed by atoms with Gasteiger partial charge in [0.25, 0.3) is 0 Å². The highest BCUT2D eigenvalue weighted by Crippen LogP contribution is 2.33. The predicted molar refractivity (Wildman–Crippen MR) is 90.1 cm³/mol. The first-order valence-electron chi connectivity index (χ1n) is 7.79. The standard InChI is InChI=1S/C18H32N2O/c1-8-21-16(18(5,6)7)15(20-19)13-9-11-14(12-10-13)17(2,3)4/h9-12,15-16,20H,8,19H2,1-7H3. The molecule has 0 aliphatic carbocycles. The summed E-state index contributed by atoms with van der Waals surface area (Å²) in [5.74, 6) is 5.83. The Balaban J connectivity index is 3.08. The van der Waals surface area contributed by atoms with Crippen LogP contribution in [0.25, 0.3) is 0 Å². The molecule has 1 aromatic carbocycles. The second kappa shape index (κ2) is 6.91. The topological polar surface area (TPSA) is 47.3 Å². The summed E-state index contributed by atoms with van der Waals surface area (Å²) in [7, 11) is 0. The zero-order chi connectivity index (χ0) is 16.3. The minimum Gasteiger partial charge on any atom is -0.376 e. The molecule has 0 amide bonds. The van der Waals surface area contributed by atoms with Crippen molar-refractivity contribution in [2.75, 3.05) is 6.61 Å². The van der Waals surface area contributed by atoms with Gasteiger partial charge in [-0.2, -0.15) is 0 Å². The minimum absolute atomic E-state index is 0.00967. The molecule has 0 heterocycles. The van der Waals surface area contributed by atoms with E-state index in [1.807, 2.05) is 6.92 Å². The van der Waals surface area contributed by atoms with Crippen molar-refractivity contribution in [3.63, 3.8) is 0 Å². The average molecular weight is 292 g/mol. The molecule has 0 saturated heterocycles. The lowest BCUT2D eigenvalue weighted by Gasteiger charge is -2.36. The van der Waals surface area contributed by atoms with Crippen LogP contribution in [-0.4, -0.2) is 12.7 Å². The van der Waals surface area contributed by atoms with Gasteiger partial charge in [0, 0.05) is 6.61 Å². The summed E-state index contributed by atoms with van der Waals surface area (Å²) in [5.41, 5.74) is 5.60. The summed E-state index contributed by atoms with van der Waals surface area (Å²) >= 11 is 0. The van der Waals surface area contributed by atoms with Gasteiger partial charge in [-0.15, -0.1) is 0 Å². The molecule has 0 aromatic heterocycles. The van der Waals surface area contributed by atoms with Crippen molar-refractivity contribution in [3.8, 4) is 0 Å². The highest BCUT2D eigenvalue weighted by atomic mass is 16.5. The number of hydrogen-bond donors (Lipinski definition) is 2. The molecule has 0 fully saturated rings. The van der Waals surface area contributed by atoms with Gasteiger partial charge in [-0.1, -0.05) is 65.8 Å². The minimum atomic E-state index is -0.0148. The van der Waals surface area contributed by atoms with Crippen molar-refractivity contribution in [1.29, 1.82) is 0 Å². The third-order valence-corrected chi connectivity index (χ3v) is 3.82. The van der Waals surface area contributed by atoms with Crippen LogP contribution in [0.3, 0.4) is 0 Å². The lowest BCUT2D eigenvalue weighted by atomic mass is 9.81. The Hall–Kier alpha value is -0.900. The van der Waals surface area contributed by atoms with E-state index in [-0.39, 0.29) is 23.0 Å².